The summed E-state index contributed by atoms with van der Waals surface area (Å²) in [4.78, 5) is 14.7. The van der Waals surface area contributed by atoms with Crippen molar-refractivity contribution in [3.05, 3.63) is 57.8 Å². The van der Waals surface area contributed by atoms with E-state index in [2.05, 4.69) is 34.8 Å². The molecule has 4 nitrogen and oxygen atoms in total. The summed E-state index contributed by atoms with van der Waals surface area (Å²) < 4.78 is 6.84. The largest absolute Gasteiger partial charge is 0.489 e. The topological polar surface area (TPSA) is 59.4 Å². The molecule has 0 radical (unpaired) electrons. The van der Waals surface area contributed by atoms with E-state index in [0.29, 0.717) is 12.5 Å². The second-order valence-corrected chi connectivity index (χ2v) is 5.90. The predicted molar refractivity (Wildman–Crippen MR) is 83.8 cm³/mol. The third-order valence-corrected chi connectivity index (χ3v) is 3.52. The lowest BCUT2D eigenvalue weighted by molar-refractivity contribution is 0.0690. The molecule has 0 aliphatic rings. The van der Waals surface area contributed by atoms with Gasteiger partial charge in [0.15, 0.2) is 0 Å². The lowest BCUT2D eigenvalue weighted by atomic mass is 10.0. The van der Waals surface area contributed by atoms with Crippen LogP contribution in [0.15, 0.2) is 41.0 Å². The van der Waals surface area contributed by atoms with E-state index in [1.165, 1.54) is 12.3 Å². The molecule has 0 aliphatic heterocycles. The van der Waals surface area contributed by atoms with Gasteiger partial charge >= 0.3 is 5.97 Å². The number of ether oxygens (including phenoxy) is 1. The maximum atomic E-state index is 10.9. The number of hydrogen-bond acceptors (Lipinski definition) is 3. The van der Waals surface area contributed by atoms with Crippen LogP contribution in [-0.4, -0.2) is 16.1 Å². The summed E-state index contributed by atoms with van der Waals surface area (Å²) in [6.45, 7) is 4.51. The van der Waals surface area contributed by atoms with E-state index in [9.17, 15) is 4.79 Å². The van der Waals surface area contributed by atoms with E-state index in [1.807, 2.05) is 18.2 Å². The predicted octanol–water partition coefficient (Wildman–Crippen LogP) is 4.24. The standard InChI is InChI=1S/C16H16BrNO3/c1-10(2)13-8-12(17)3-4-15(13)21-9-11-5-6-18-14(7-11)16(19)20/h3-8,10H,9H2,1-2H3,(H,19,20). The molecular formula is C16H16BrNO3. The number of halogens is 1. The van der Waals surface area contributed by atoms with Gasteiger partial charge in [-0.25, -0.2) is 9.78 Å². The highest BCUT2D eigenvalue weighted by molar-refractivity contribution is 9.10. The first kappa shape index (κ1) is 15.5. The Bertz CT molecular complexity index is 656. The average Bonchev–Trinajstić information content (AvgIpc) is 2.46. The van der Waals surface area contributed by atoms with Gasteiger partial charge in [-0.1, -0.05) is 29.8 Å². The zero-order valence-corrected chi connectivity index (χ0v) is 13.4. The van der Waals surface area contributed by atoms with Crippen molar-refractivity contribution in [3.63, 3.8) is 0 Å². The molecule has 0 saturated heterocycles. The Kier molecular flexibility index (Phi) is 4.96. The van der Waals surface area contributed by atoms with Gasteiger partial charge in [0, 0.05) is 10.7 Å². The number of carboxylic acids is 1. The number of pyridine rings is 1. The Morgan fingerprint density at radius 3 is 2.76 bits per heavy atom. The molecule has 0 atom stereocenters. The molecule has 0 spiro atoms. The highest BCUT2D eigenvalue weighted by Gasteiger charge is 2.10. The smallest absolute Gasteiger partial charge is 0.354 e. The van der Waals surface area contributed by atoms with Gasteiger partial charge < -0.3 is 9.84 Å². The first-order valence-electron chi connectivity index (χ1n) is 6.58. The molecule has 1 N–H and O–H groups in total. The highest BCUT2D eigenvalue weighted by Crippen LogP contribution is 2.30. The number of nitrogens with zero attached hydrogens (tertiary/aromatic N) is 1. The summed E-state index contributed by atoms with van der Waals surface area (Å²) in [7, 11) is 0. The molecule has 0 unspecified atom stereocenters. The molecule has 0 fully saturated rings. The number of benzene rings is 1. The summed E-state index contributed by atoms with van der Waals surface area (Å²) in [6, 6.07) is 9.15. The average molecular weight is 350 g/mol. The molecule has 0 aliphatic carbocycles. The zero-order chi connectivity index (χ0) is 15.4. The number of aromatic carboxylic acids is 1. The van der Waals surface area contributed by atoms with Gasteiger partial charge in [-0.3, -0.25) is 0 Å². The van der Waals surface area contributed by atoms with Gasteiger partial charge in [-0.2, -0.15) is 0 Å². The minimum Gasteiger partial charge on any atom is -0.489 e. The molecule has 0 saturated carbocycles. The lowest BCUT2D eigenvalue weighted by Gasteiger charge is -2.14. The fourth-order valence-corrected chi connectivity index (χ4v) is 2.32. The van der Waals surface area contributed by atoms with Crippen LogP contribution in [0.3, 0.4) is 0 Å². The number of carboxylic acid groups (broad SMARTS) is 1. The molecule has 110 valence electrons. The molecule has 0 bridgehead atoms. The van der Waals surface area contributed by atoms with Crippen molar-refractivity contribution in [2.45, 2.75) is 26.4 Å². The normalized spacial score (nSPS) is 10.7. The van der Waals surface area contributed by atoms with Crippen LogP contribution < -0.4 is 4.74 Å². The number of hydrogen-bond donors (Lipinski definition) is 1. The second-order valence-electron chi connectivity index (χ2n) is 4.98. The molecule has 1 heterocycles. The van der Waals surface area contributed by atoms with Gasteiger partial charge in [0.1, 0.15) is 18.1 Å². The molecule has 1 aromatic heterocycles. The van der Waals surface area contributed by atoms with Gasteiger partial charge in [-0.15, -0.1) is 0 Å². The van der Waals surface area contributed by atoms with E-state index in [-0.39, 0.29) is 5.69 Å². The lowest BCUT2D eigenvalue weighted by Crippen LogP contribution is -2.04. The van der Waals surface area contributed by atoms with Crippen LogP contribution in [0.2, 0.25) is 0 Å². The van der Waals surface area contributed by atoms with Crippen molar-refractivity contribution in [2.24, 2.45) is 0 Å². The van der Waals surface area contributed by atoms with Gasteiger partial charge in [0.25, 0.3) is 0 Å². The van der Waals surface area contributed by atoms with Crippen molar-refractivity contribution < 1.29 is 14.6 Å². The van der Waals surface area contributed by atoms with Crippen molar-refractivity contribution in [2.75, 3.05) is 0 Å². The van der Waals surface area contributed by atoms with Crippen molar-refractivity contribution in [1.29, 1.82) is 0 Å². The first-order valence-corrected chi connectivity index (χ1v) is 7.37. The van der Waals surface area contributed by atoms with Crippen LogP contribution in [0.4, 0.5) is 0 Å². The van der Waals surface area contributed by atoms with E-state index in [0.717, 1.165) is 21.3 Å². The van der Waals surface area contributed by atoms with E-state index < -0.39 is 5.97 Å². The highest BCUT2D eigenvalue weighted by atomic mass is 79.9. The van der Waals surface area contributed by atoms with E-state index >= 15 is 0 Å². The van der Waals surface area contributed by atoms with E-state index in [4.69, 9.17) is 9.84 Å². The minimum atomic E-state index is -1.04. The number of carbonyl (C=O) groups is 1. The Hall–Kier alpha value is -1.88. The Morgan fingerprint density at radius 1 is 1.33 bits per heavy atom. The summed E-state index contributed by atoms with van der Waals surface area (Å²) in [5.74, 6) is 0.106. The molecule has 0 amide bonds. The monoisotopic (exact) mass is 349 g/mol. The Balaban J connectivity index is 2.16. The third-order valence-electron chi connectivity index (χ3n) is 3.03. The fourth-order valence-electron chi connectivity index (χ4n) is 1.94. The second kappa shape index (κ2) is 6.72. The van der Waals surface area contributed by atoms with Crippen molar-refractivity contribution in [3.8, 4) is 5.75 Å². The SMILES string of the molecule is CC(C)c1cc(Br)ccc1OCc1ccnc(C(=O)O)c1. The maximum absolute atomic E-state index is 10.9. The van der Waals surface area contributed by atoms with E-state index in [1.54, 1.807) is 6.07 Å². The Labute approximate surface area is 131 Å². The van der Waals surface area contributed by atoms with Crippen LogP contribution in [-0.2, 0) is 6.61 Å². The molecule has 2 aromatic rings. The van der Waals surface area contributed by atoms with Crippen LogP contribution in [0.1, 0.15) is 41.4 Å². The van der Waals surface area contributed by atoms with Crippen molar-refractivity contribution >= 4 is 21.9 Å². The van der Waals surface area contributed by atoms with Crippen LogP contribution in [0, 0.1) is 0 Å². The molecule has 5 heteroatoms. The molecular weight excluding hydrogens is 334 g/mol. The third kappa shape index (κ3) is 4.04. The van der Waals surface area contributed by atoms with Gasteiger partial charge in [0.05, 0.1) is 0 Å². The summed E-state index contributed by atoms with van der Waals surface area (Å²) in [5.41, 5.74) is 1.91. The minimum absolute atomic E-state index is 0.0241. The molecule has 1 aromatic carbocycles. The zero-order valence-electron chi connectivity index (χ0n) is 11.8. The van der Waals surface area contributed by atoms with Gasteiger partial charge in [-0.05, 0) is 47.4 Å². The van der Waals surface area contributed by atoms with Gasteiger partial charge in [0.2, 0.25) is 0 Å². The van der Waals surface area contributed by atoms with Crippen LogP contribution in [0.25, 0.3) is 0 Å². The fraction of sp³-hybridized carbons (Fsp3) is 0.250. The summed E-state index contributed by atoms with van der Waals surface area (Å²) in [5, 5.41) is 8.93. The quantitative estimate of drug-likeness (QED) is 0.876. The molecule has 2 rings (SSSR count). The van der Waals surface area contributed by atoms with Crippen LogP contribution >= 0.6 is 15.9 Å². The Morgan fingerprint density at radius 2 is 2.10 bits per heavy atom. The molecule has 21 heavy (non-hydrogen) atoms. The number of aromatic nitrogens is 1. The van der Waals surface area contributed by atoms with Crippen LogP contribution in [0.5, 0.6) is 5.75 Å². The maximum Gasteiger partial charge on any atom is 0.354 e. The summed E-state index contributed by atoms with van der Waals surface area (Å²) >= 11 is 3.46. The first-order chi connectivity index (χ1) is 9.97. The number of rotatable bonds is 5. The van der Waals surface area contributed by atoms with Crippen molar-refractivity contribution in [1.82, 2.24) is 4.98 Å². The summed E-state index contributed by atoms with van der Waals surface area (Å²) in [6.07, 6.45) is 1.48.